The van der Waals surface area contributed by atoms with Crippen LogP contribution in [0.15, 0.2) is 40.2 Å². The largest absolute Gasteiger partial charge is 0.466 e. The number of anilines is 1. The summed E-state index contributed by atoms with van der Waals surface area (Å²) in [7, 11) is 0. The molecule has 1 aromatic carbocycles. The Hall–Kier alpha value is -1.66. The zero-order valence-electron chi connectivity index (χ0n) is 11.4. The molecule has 0 aliphatic carbocycles. The molecule has 0 radical (unpaired) electrons. The highest BCUT2D eigenvalue weighted by atomic mass is 79.9. The van der Waals surface area contributed by atoms with Crippen LogP contribution in [0.25, 0.3) is 0 Å². The van der Waals surface area contributed by atoms with Crippen LogP contribution in [0.1, 0.15) is 22.2 Å². The van der Waals surface area contributed by atoms with E-state index in [0.717, 1.165) is 9.35 Å². The van der Waals surface area contributed by atoms with Crippen LogP contribution in [0.4, 0.5) is 5.69 Å². The highest BCUT2D eigenvalue weighted by molar-refractivity contribution is 9.11. The maximum Gasteiger partial charge on any atom is 0.310 e. The molecule has 0 unspecified atom stereocenters. The summed E-state index contributed by atoms with van der Waals surface area (Å²) in [5.41, 5.74) is 1.46. The average molecular weight is 368 g/mol. The average Bonchev–Trinajstić information content (AvgIpc) is 2.86. The molecule has 4 nitrogen and oxygen atoms in total. The topological polar surface area (TPSA) is 55.4 Å². The summed E-state index contributed by atoms with van der Waals surface area (Å²) >= 11 is 4.69. The van der Waals surface area contributed by atoms with Gasteiger partial charge in [-0.15, -0.1) is 11.3 Å². The molecule has 0 fully saturated rings. The Balaban J connectivity index is 2.04. The number of rotatable bonds is 5. The summed E-state index contributed by atoms with van der Waals surface area (Å²) in [6.45, 7) is 2.14. The molecular formula is C15H14BrNO3S. The van der Waals surface area contributed by atoms with E-state index in [1.54, 1.807) is 31.2 Å². The number of halogens is 1. The third kappa shape index (κ3) is 4.68. The minimum Gasteiger partial charge on any atom is -0.466 e. The van der Waals surface area contributed by atoms with Crippen LogP contribution < -0.4 is 5.32 Å². The van der Waals surface area contributed by atoms with Gasteiger partial charge in [0.15, 0.2) is 0 Å². The molecule has 0 aliphatic rings. The fourth-order valence-electron chi connectivity index (χ4n) is 1.77. The SMILES string of the molecule is CCOC(=O)Cc1cccc(NC(=O)c2ccc(Br)s2)c1. The van der Waals surface area contributed by atoms with Gasteiger partial charge in [-0.2, -0.15) is 0 Å². The molecule has 0 spiro atoms. The van der Waals surface area contributed by atoms with Crippen molar-refractivity contribution in [3.63, 3.8) is 0 Å². The molecule has 1 heterocycles. The molecule has 2 rings (SSSR count). The lowest BCUT2D eigenvalue weighted by atomic mass is 10.1. The molecule has 1 N–H and O–H groups in total. The summed E-state index contributed by atoms with van der Waals surface area (Å²) in [6.07, 6.45) is 0.197. The number of carbonyl (C=O) groups is 2. The van der Waals surface area contributed by atoms with Crippen molar-refractivity contribution in [2.75, 3.05) is 11.9 Å². The number of thiophene rings is 1. The fraction of sp³-hybridized carbons (Fsp3) is 0.200. The smallest absolute Gasteiger partial charge is 0.310 e. The number of hydrogen-bond acceptors (Lipinski definition) is 4. The summed E-state index contributed by atoms with van der Waals surface area (Å²) in [5.74, 6) is -0.442. The van der Waals surface area contributed by atoms with Gasteiger partial charge in [-0.05, 0) is 52.7 Å². The maximum absolute atomic E-state index is 12.1. The lowest BCUT2D eigenvalue weighted by molar-refractivity contribution is -0.142. The van der Waals surface area contributed by atoms with Crippen LogP contribution in [0, 0.1) is 0 Å². The van der Waals surface area contributed by atoms with E-state index in [1.807, 2.05) is 12.1 Å². The first-order valence-corrected chi connectivity index (χ1v) is 8.00. The van der Waals surface area contributed by atoms with E-state index in [2.05, 4.69) is 21.2 Å². The van der Waals surface area contributed by atoms with Gasteiger partial charge in [-0.1, -0.05) is 12.1 Å². The predicted molar refractivity (Wildman–Crippen MR) is 86.8 cm³/mol. The molecule has 2 aromatic rings. The van der Waals surface area contributed by atoms with E-state index < -0.39 is 0 Å². The van der Waals surface area contributed by atoms with Gasteiger partial charge in [0.2, 0.25) is 0 Å². The molecule has 0 saturated carbocycles. The van der Waals surface area contributed by atoms with Gasteiger partial charge in [0.25, 0.3) is 5.91 Å². The van der Waals surface area contributed by atoms with Gasteiger partial charge in [-0.25, -0.2) is 0 Å². The van der Waals surface area contributed by atoms with Crippen LogP contribution >= 0.6 is 27.3 Å². The number of benzene rings is 1. The lowest BCUT2D eigenvalue weighted by Gasteiger charge is -2.06. The van der Waals surface area contributed by atoms with E-state index in [1.165, 1.54) is 11.3 Å². The van der Waals surface area contributed by atoms with Crippen LogP contribution in [0.3, 0.4) is 0 Å². The summed E-state index contributed by atoms with van der Waals surface area (Å²) in [4.78, 5) is 24.1. The van der Waals surface area contributed by atoms with E-state index in [-0.39, 0.29) is 18.3 Å². The molecule has 110 valence electrons. The number of esters is 1. The summed E-state index contributed by atoms with van der Waals surface area (Å²) in [5, 5.41) is 2.82. The molecule has 1 amide bonds. The second kappa shape index (κ2) is 7.38. The first kappa shape index (κ1) is 15.7. The summed E-state index contributed by atoms with van der Waals surface area (Å²) in [6, 6.07) is 10.8. The van der Waals surface area contributed by atoms with Crippen molar-refractivity contribution in [2.45, 2.75) is 13.3 Å². The van der Waals surface area contributed by atoms with Crippen molar-refractivity contribution in [3.8, 4) is 0 Å². The standard InChI is InChI=1S/C15H14BrNO3S/c1-2-20-14(18)9-10-4-3-5-11(8-10)17-15(19)12-6-7-13(16)21-12/h3-8H,2,9H2,1H3,(H,17,19). The normalized spacial score (nSPS) is 10.2. The third-order valence-corrected chi connectivity index (χ3v) is 4.26. The second-order valence-corrected chi connectivity index (χ2v) is 6.70. The van der Waals surface area contributed by atoms with Gasteiger partial charge in [0, 0.05) is 5.69 Å². The minimum absolute atomic E-state index is 0.168. The van der Waals surface area contributed by atoms with Crippen molar-refractivity contribution in [1.29, 1.82) is 0 Å². The Morgan fingerprint density at radius 3 is 2.76 bits per heavy atom. The first-order chi connectivity index (χ1) is 10.1. The number of hydrogen-bond donors (Lipinski definition) is 1. The predicted octanol–water partition coefficient (Wildman–Crippen LogP) is 3.87. The first-order valence-electron chi connectivity index (χ1n) is 6.39. The molecule has 0 bridgehead atoms. The zero-order valence-corrected chi connectivity index (χ0v) is 13.8. The van der Waals surface area contributed by atoms with E-state index in [9.17, 15) is 9.59 Å². The quantitative estimate of drug-likeness (QED) is 0.816. The highest BCUT2D eigenvalue weighted by Gasteiger charge is 2.10. The number of carbonyl (C=O) groups excluding carboxylic acids is 2. The Morgan fingerprint density at radius 2 is 2.10 bits per heavy atom. The van der Waals surface area contributed by atoms with Crippen molar-refractivity contribution in [2.24, 2.45) is 0 Å². The van der Waals surface area contributed by atoms with Crippen molar-refractivity contribution in [1.82, 2.24) is 0 Å². The molecule has 0 atom stereocenters. The second-order valence-electron chi connectivity index (χ2n) is 4.24. The fourth-order valence-corrected chi connectivity index (χ4v) is 3.05. The van der Waals surface area contributed by atoms with E-state index in [4.69, 9.17) is 4.74 Å². The van der Waals surface area contributed by atoms with Gasteiger partial charge in [-0.3, -0.25) is 9.59 Å². The highest BCUT2D eigenvalue weighted by Crippen LogP contribution is 2.23. The molecular weight excluding hydrogens is 354 g/mol. The number of nitrogens with one attached hydrogen (secondary N) is 1. The zero-order chi connectivity index (χ0) is 15.2. The van der Waals surface area contributed by atoms with Gasteiger partial charge in [0.1, 0.15) is 0 Å². The minimum atomic E-state index is -0.275. The van der Waals surface area contributed by atoms with Gasteiger partial charge >= 0.3 is 5.97 Å². The lowest BCUT2D eigenvalue weighted by Crippen LogP contribution is -2.11. The van der Waals surface area contributed by atoms with E-state index in [0.29, 0.717) is 17.2 Å². The van der Waals surface area contributed by atoms with Gasteiger partial charge < -0.3 is 10.1 Å². The van der Waals surface area contributed by atoms with Crippen LogP contribution in [0.5, 0.6) is 0 Å². The summed E-state index contributed by atoms with van der Waals surface area (Å²) < 4.78 is 5.82. The van der Waals surface area contributed by atoms with E-state index >= 15 is 0 Å². The Morgan fingerprint density at radius 1 is 1.29 bits per heavy atom. The molecule has 0 saturated heterocycles. The molecule has 0 aliphatic heterocycles. The van der Waals surface area contributed by atoms with Crippen molar-refractivity contribution >= 4 is 44.8 Å². The Labute approximate surface area is 135 Å². The number of ether oxygens (including phenoxy) is 1. The monoisotopic (exact) mass is 367 g/mol. The van der Waals surface area contributed by atoms with Crippen LogP contribution in [0.2, 0.25) is 0 Å². The number of amides is 1. The van der Waals surface area contributed by atoms with Crippen LogP contribution in [-0.2, 0) is 16.0 Å². The van der Waals surface area contributed by atoms with Crippen LogP contribution in [-0.4, -0.2) is 18.5 Å². The molecule has 21 heavy (non-hydrogen) atoms. The Kier molecular flexibility index (Phi) is 5.52. The molecule has 6 heteroatoms. The maximum atomic E-state index is 12.1. The van der Waals surface area contributed by atoms with Gasteiger partial charge in [0.05, 0.1) is 21.7 Å². The third-order valence-electron chi connectivity index (χ3n) is 2.64. The molecule has 1 aromatic heterocycles. The van der Waals surface area contributed by atoms with Crippen molar-refractivity contribution < 1.29 is 14.3 Å². The Bertz CT molecular complexity index is 654. The van der Waals surface area contributed by atoms with Crippen molar-refractivity contribution in [3.05, 3.63) is 50.6 Å².